The quantitative estimate of drug-likeness (QED) is 0.118. The van der Waals surface area contributed by atoms with Crippen LogP contribution in [-0.4, -0.2) is 71.7 Å². The molecule has 2 aliphatic rings. The van der Waals surface area contributed by atoms with Gasteiger partial charge in [-0.25, -0.2) is 4.98 Å². The summed E-state index contributed by atoms with van der Waals surface area (Å²) >= 11 is 0. The van der Waals surface area contributed by atoms with Crippen molar-refractivity contribution in [2.75, 3.05) is 32.1 Å². The molecule has 52 heavy (non-hydrogen) atoms. The van der Waals surface area contributed by atoms with Crippen molar-refractivity contribution in [2.24, 2.45) is 17.6 Å². The molecule has 1 aromatic heterocycles. The number of benzene rings is 3. The lowest BCUT2D eigenvalue weighted by Gasteiger charge is -2.28. The Bertz CT molecular complexity index is 1810. The third-order valence-electron chi connectivity index (χ3n) is 10.3. The number of aryl methyl sites for hydroxylation is 1. The zero-order chi connectivity index (χ0) is 36.5. The monoisotopic (exact) mass is 706 g/mol. The van der Waals surface area contributed by atoms with Gasteiger partial charge in [-0.3, -0.25) is 19.5 Å². The predicted molar refractivity (Wildman–Crippen MR) is 201 cm³/mol. The fraction of sp³-hybridized carbons (Fsp3) is 0.425. The Morgan fingerprint density at radius 2 is 1.63 bits per heavy atom. The first kappa shape index (κ1) is 36.9. The molecule has 1 aliphatic carbocycles. The summed E-state index contributed by atoms with van der Waals surface area (Å²) in [4.78, 5) is 44.6. The first-order chi connectivity index (χ1) is 25.3. The van der Waals surface area contributed by atoms with Crippen LogP contribution in [0.25, 0.3) is 22.5 Å². The van der Waals surface area contributed by atoms with E-state index in [0.29, 0.717) is 48.4 Å². The molecule has 1 saturated heterocycles. The highest BCUT2D eigenvalue weighted by atomic mass is 16.5. The number of hydrogen-bond acceptors (Lipinski definition) is 8. The number of nitrogens with two attached hydrogens (primary N) is 1. The molecule has 1 atom stereocenters. The molecule has 1 aliphatic heterocycles. The lowest BCUT2D eigenvalue weighted by Crippen LogP contribution is -2.48. The number of piperidine rings is 1. The van der Waals surface area contributed by atoms with Crippen molar-refractivity contribution >= 4 is 23.4 Å². The number of carbonyl (C=O) groups is 3. The minimum absolute atomic E-state index is 0.0437. The van der Waals surface area contributed by atoms with Crippen molar-refractivity contribution in [1.82, 2.24) is 31.1 Å². The summed E-state index contributed by atoms with van der Waals surface area (Å²) in [5.41, 5.74) is 11.9. The number of aromatic nitrogens is 3. The van der Waals surface area contributed by atoms with E-state index in [0.717, 1.165) is 79.4 Å². The smallest absolute Gasteiger partial charge is 0.251 e. The number of nitrogens with one attached hydrogen (secondary N) is 5. The predicted octanol–water partition coefficient (Wildman–Crippen LogP) is 4.51. The third kappa shape index (κ3) is 9.49. The summed E-state index contributed by atoms with van der Waals surface area (Å²) in [6.45, 7) is 4.82. The molecule has 12 nitrogen and oxygen atoms in total. The van der Waals surface area contributed by atoms with E-state index in [9.17, 15) is 14.4 Å². The molecule has 2 heterocycles. The van der Waals surface area contributed by atoms with E-state index in [2.05, 4.69) is 36.4 Å². The number of nitrogens with zero attached hydrogens (tertiary/aromatic N) is 2. The molecule has 7 N–H and O–H groups in total. The van der Waals surface area contributed by atoms with Crippen LogP contribution in [-0.2, 0) is 27.4 Å². The largest absolute Gasteiger partial charge is 0.377 e. The molecular formula is C40H50N8O4. The average molecular weight is 707 g/mol. The number of amides is 3. The van der Waals surface area contributed by atoms with Crippen LogP contribution in [0.1, 0.15) is 65.8 Å². The Morgan fingerprint density at radius 1 is 0.923 bits per heavy atom. The van der Waals surface area contributed by atoms with Gasteiger partial charge in [0.05, 0.1) is 0 Å². The fourth-order valence-electron chi connectivity index (χ4n) is 7.14. The lowest BCUT2D eigenvalue weighted by molar-refractivity contribution is -0.130. The van der Waals surface area contributed by atoms with Gasteiger partial charge in [0.25, 0.3) is 5.91 Å². The molecule has 0 bridgehead atoms. The van der Waals surface area contributed by atoms with Crippen LogP contribution in [0.3, 0.4) is 0 Å². The molecule has 1 unspecified atom stereocenters. The van der Waals surface area contributed by atoms with Gasteiger partial charge in [-0.2, -0.15) is 5.10 Å². The summed E-state index contributed by atoms with van der Waals surface area (Å²) in [6, 6.07) is 20.5. The summed E-state index contributed by atoms with van der Waals surface area (Å²) in [6.07, 6.45) is 5.56. The second-order valence-corrected chi connectivity index (χ2v) is 14.0. The minimum Gasteiger partial charge on any atom is -0.377 e. The molecule has 1 saturated carbocycles. The van der Waals surface area contributed by atoms with Gasteiger partial charge < -0.3 is 31.7 Å². The summed E-state index contributed by atoms with van der Waals surface area (Å²) in [5, 5.41) is 19.7. The molecule has 12 heteroatoms. The van der Waals surface area contributed by atoms with Crippen LogP contribution in [0.2, 0.25) is 0 Å². The third-order valence-corrected chi connectivity index (χ3v) is 10.3. The number of rotatable bonds is 13. The van der Waals surface area contributed by atoms with Gasteiger partial charge in [0.2, 0.25) is 11.8 Å². The fourth-order valence-corrected chi connectivity index (χ4v) is 7.14. The number of aromatic amines is 1. The molecule has 274 valence electrons. The summed E-state index contributed by atoms with van der Waals surface area (Å²) in [5.74, 6) is 1.03. The molecule has 2 fully saturated rings. The molecule has 0 spiro atoms. The van der Waals surface area contributed by atoms with Crippen LogP contribution in [0, 0.1) is 18.8 Å². The Kier molecular flexibility index (Phi) is 12.4. The van der Waals surface area contributed by atoms with Gasteiger partial charge in [0, 0.05) is 42.3 Å². The van der Waals surface area contributed by atoms with E-state index >= 15 is 0 Å². The highest BCUT2D eigenvalue weighted by Crippen LogP contribution is 2.29. The van der Waals surface area contributed by atoms with E-state index in [4.69, 9.17) is 10.5 Å². The van der Waals surface area contributed by atoms with Crippen molar-refractivity contribution in [3.05, 3.63) is 89.2 Å². The number of carbonyl (C=O) groups excluding carboxylic acids is 3. The van der Waals surface area contributed by atoms with Gasteiger partial charge >= 0.3 is 0 Å². The van der Waals surface area contributed by atoms with E-state index in [1.165, 1.54) is 0 Å². The molecule has 3 amide bonds. The highest BCUT2D eigenvalue weighted by Gasteiger charge is 2.29. The molecule has 0 radical (unpaired) electrons. The van der Waals surface area contributed by atoms with E-state index in [1.54, 1.807) is 19.2 Å². The average Bonchev–Trinajstić information content (AvgIpc) is 3.64. The molecule has 6 rings (SSSR count). The number of methoxy groups -OCH3 is 1. The Labute approximate surface area is 305 Å². The number of anilines is 1. The van der Waals surface area contributed by atoms with Crippen LogP contribution < -0.4 is 27.0 Å². The Hall–Kier alpha value is -4.91. The van der Waals surface area contributed by atoms with Crippen molar-refractivity contribution in [2.45, 2.75) is 70.6 Å². The minimum atomic E-state index is -0.783. The number of ether oxygens (including phenoxy) is 1. The first-order valence-corrected chi connectivity index (χ1v) is 18.3. The van der Waals surface area contributed by atoms with E-state index < -0.39 is 6.04 Å². The van der Waals surface area contributed by atoms with Gasteiger partial charge in [-0.15, -0.1) is 0 Å². The first-order valence-electron chi connectivity index (χ1n) is 18.3. The van der Waals surface area contributed by atoms with Gasteiger partial charge in [-0.1, -0.05) is 30.3 Å². The van der Waals surface area contributed by atoms with Crippen LogP contribution in [0.4, 0.5) is 5.69 Å². The van der Waals surface area contributed by atoms with Crippen molar-refractivity contribution in [3.8, 4) is 22.5 Å². The van der Waals surface area contributed by atoms with E-state index in [-0.39, 0.29) is 29.7 Å². The van der Waals surface area contributed by atoms with Crippen LogP contribution in [0.15, 0.2) is 66.7 Å². The SMILES string of the molecule is COCc1nc(-c2ccc(NC(=O)C(Cc3ccc(-c4ccc(C(=O)NC5CCNCC5)cc4C)cc3)NC(=O)C3CCC(CN)CC3)cc2)n[nH]1. The topological polar surface area (TPSA) is 176 Å². The second kappa shape index (κ2) is 17.5. The summed E-state index contributed by atoms with van der Waals surface area (Å²) in [7, 11) is 1.59. The maximum Gasteiger partial charge on any atom is 0.251 e. The Balaban J connectivity index is 1.13. The second-order valence-electron chi connectivity index (χ2n) is 14.0. The lowest BCUT2D eigenvalue weighted by atomic mass is 9.81. The highest BCUT2D eigenvalue weighted by molar-refractivity contribution is 5.98. The Morgan fingerprint density at radius 3 is 2.31 bits per heavy atom. The normalized spacial score (nSPS) is 18.4. The molecule has 3 aromatic carbocycles. The van der Waals surface area contributed by atoms with Gasteiger partial charge in [0.15, 0.2) is 11.6 Å². The maximum atomic E-state index is 13.8. The van der Waals surface area contributed by atoms with Gasteiger partial charge in [0.1, 0.15) is 12.6 Å². The van der Waals surface area contributed by atoms with E-state index in [1.807, 2.05) is 61.5 Å². The van der Waals surface area contributed by atoms with Crippen molar-refractivity contribution in [3.63, 3.8) is 0 Å². The molecular weight excluding hydrogens is 656 g/mol. The zero-order valence-corrected chi connectivity index (χ0v) is 30.0. The number of H-pyrrole nitrogens is 1. The number of hydrogen-bond donors (Lipinski definition) is 6. The van der Waals surface area contributed by atoms with Crippen LogP contribution >= 0.6 is 0 Å². The molecule has 4 aromatic rings. The van der Waals surface area contributed by atoms with Gasteiger partial charge in [-0.05, 0) is 130 Å². The maximum absolute atomic E-state index is 13.8. The zero-order valence-electron chi connectivity index (χ0n) is 30.0. The summed E-state index contributed by atoms with van der Waals surface area (Å²) < 4.78 is 5.11. The van der Waals surface area contributed by atoms with Crippen LogP contribution in [0.5, 0.6) is 0 Å². The van der Waals surface area contributed by atoms with Crippen molar-refractivity contribution < 1.29 is 19.1 Å². The standard InChI is InChI=1S/C40H50N8O4/c1-25-21-31(39(50)43-33-17-19-42-20-18-33)13-16-34(25)28-7-3-26(4-8-28)22-35(45-38(49)30-9-5-27(23-41)6-10-30)40(51)44-32-14-11-29(12-15-32)37-46-36(24-52-2)47-48-37/h3-4,7-8,11-16,21,27,30,33,35,42H,5-6,9-10,17-20,22-24,41H2,1-2H3,(H,43,50)(H,44,51)(H,45,49)(H,46,47,48). The van der Waals surface area contributed by atoms with Crippen molar-refractivity contribution in [1.29, 1.82) is 0 Å².